The van der Waals surface area contributed by atoms with Gasteiger partial charge < -0.3 is 4.40 Å². The molecule has 0 amide bonds. The summed E-state index contributed by atoms with van der Waals surface area (Å²) < 4.78 is 2.20. The minimum atomic E-state index is 0.832. The molecule has 0 saturated carbocycles. The third-order valence-electron chi connectivity index (χ3n) is 3.50. The van der Waals surface area contributed by atoms with Crippen LogP contribution in [0.1, 0.15) is 24.2 Å². The van der Waals surface area contributed by atoms with Gasteiger partial charge in [-0.25, -0.2) is 4.98 Å². The largest absolute Gasteiger partial charge is 0.304 e. The molecule has 1 atom stereocenters. The number of hydrogen-bond acceptors (Lipinski definition) is 2. The molecule has 3 heteroatoms. The van der Waals surface area contributed by atoms with Crippen LogP contribution in [0.3, 0.4) is 0 Å². The summed E-state index contributed by atoms with van der Waals surface area (Å²) >= 11 is 2.10. The second-order valence-corrected chi connectivity index (χ2v) is 6.06. The Labute approximate surface area is 106 Å². The Hall–Kier alpha value is -0.960. The van der Waals surface area contributed by atoms with Crippen molar-refractivity contribution >= 4 is 17.4 Å². The number of aromatic nitrogens is 2. The Bertz CT molecular complexity index is 512. The first-order valence-corrected chi connectivity index (χ1v) is 7.50. The summed E-state index contributed by atoms with van der Waals surface area (Å²) in [6, 6.07) is 6.30. The van der Waals surface area contributed by atoms with Gasteiger partial charge in [0, 0.05) is 11.9 Å². The number of hydrogen-bond donors (Lipinski definition) is 0. The summed E-state index contributed by atoms with van der Waals surface area (Å²) in [5, 5.41) is 0. The average molecular weight is 246 g/mol. The molecule has 0 radical (unpaired) electrons. The first kappa shape index (κ1) is 11.1. The highest BCUT2D eigenvalue weighted by molar-refractivity contribution is 7.99. The molecule has 1 aliphatic rings. The van der Waals surface area contributed by atoms with E-state index in [1.807, 2.05) is 0 Å². The van der Waals surface area contributed by atoms with Crippen LogP contribution in [0, 0.1) is 12.8 Å². The molecule has 2 nitrogen and oxygen atoms in total. The summed E-state index contributed by atoms with van der Waals surface area (Å²) in [7, 11) is 0. The Kier molecular flexibility index (Phi) is 3.10. The maximum Gasteiger partial charge on any atom is 0.137 e. The van der Waals surface area contributed by atoms with Crippen LogP contribution in [0.5, 0.6) is 0 Å². The molecule has 1 saturated heterocycles. The number of imidazole rings is 1. The van der Waals surface area contributed by atoms with Crippen LogP contribution in [-0.4, -0.2) is 20.9 Å². The molecule has 0 aromatic carbocycles. The van der Waals surface area contributed by atoms with E-state index in [-0.39, 0.29) is 0 Å². The molecular formula is C14H18N2S. The van der Waals surface area contributed by atoms with Gasteiger partial charge in [-0.15, -0.1) is 0 Å². The molecule has 0 aliphatic carbocycles. The van der Waals surface area contributed by atoms with Crippen molar-refractivity contribution in [3.05, 3.63) is 35.8 Å². The number of thioether (sulfide) groups is 1. The van der Waals surface area contributed by atoms with Crippen molar-refractivity contribution in [1.29, 1.82) is 0 Å². The maximum absolute atomic E-state index is 4.72. The lowest BCUT2D eigenvalue weighted by molar-refractivity contribution is 0.516. The van der Waals surface area contributed by atoms with Gasteiger partial charge in [0.25, 0.3) is 0 Å². The van der Waals surface area contributed by atoms with Crippen LogP contribution in [-0.2, 0) is 6.42 Å². The number of fused-ring (bicyclic) bond motifs is 1. The number of aryl methyl sites for hydroxylation is 1. The van der Waals surface area contributed by atoms with Gasteiger partial charge in [0.2, 0.25) is 0 Å². The van der Waals surface area contributed by atoms with Crippen molar-refractivity contribution in [3.8, 4) is 0 Å². The van der Waals surface area contributed by atoms with E-state index >= 15 is 0 Å². The predicted octanol–water partition coefficient (Wildman–Crippen LogP) is 3.33. The summed E-state index contributed by atoms with van der Waals surface area (Å²) in [5.74, 6) is 3.49. The fraction of sp³-hybridized carbons (Fsp3) is 0.500. The van der Waals surface area contributed by atoms with E-state index in [0.29, 0.717) is 0 Å². The fourth-order valence-electron chi connectivity index (χ4n) is 2.56. The van der Waals surface area contributed by atoms with Gasteiger partial charge in [0.1, 0.15) is 5.65 Å². The Morgan fingerprint density at radius 1 is 1.47 bits per heavy atom. The van der Waals surface area contributed by atoms with Crippen LogP contribution in [0.15, 0.2) is 24.4 Å². The van der Waals surface area contributed by atoms with Crippen LogP contribution < -0.4 is 0 Å². The molecule has 90 valence electrons. The zero-order chi connectivity index (χ0) is 11.7. The molecule has 17 heavy (non-hydrogen) atoms. The van der Waals surface area contributed by atoms with Gasteiger partial charge in [-0.05, 0) is 55.7 Å². The predicted molar refractivity (Wildman–Crippen MR) is 73.7 cm³/mol. The van der Waals surface area contributed by atoms with Gasteiger partial charge >= 0.3 is 0 Å². The zero-order valence-electron chi connectivity index (χ0n) is 10.2. The van der Waals surface area contributed by atoms with Gasteiger partial charge in [-0.2, -0.15) is 11.8 Å². The molecule has 0 spiro atoms. The lowest BCUT2D eigenvalue weighted by Gasteiger charge is -2.19. The van der Waals surface area contributed by atoms with Crippen LogP contribution in [0.4, 0.5) is 0 Å². The van der Waals surface area contributed by atoms with Crippen molar-refractivity contribution in [1.82, 2.24) is 9.38 Å². The molecule has 1 aliphatic heterocycles. The lowest BCUT2D eigenvalue weighted by Crippen LogP contribution is -2.13. The molecule has 0 N–H and O–H groups in total. The molecule has 2 aromatic rings. The quantitative estimate of drug-likeness (QED) is 0.808. The Morgan fingerprint density at radius 3 is 3.18 bits per heavy atom. The highest BCUT2D eigenvalue weighted by atomic mass is 32.2. The summed E-state index contributed by atoms with van der Waals surface area (Å²) in [6.07, 6.45) is 6.11. The van der Waals surface area contributed by atoms with Crippen molar-refractivity contribution in [2.24, 2.45) is 5.92 Å². The SMILES string of the molecule is Cc1cccc2nc(CC3CCCSC3)cn12. The maximum atomic E-state index is 4.72. The Morgan fingerprint density at radius 2 is 2.41 bits per heavy atom. The van der Waals surface area contributed by atoms with Crippen molar-refractivity contribution in [2.75, 3.05) is 11.5 Å². The lowest BCUT2D eigenvalue weighted by atomic mass is 10.00. The first-order chi connectivity index (χ1) is 8.33. The molecule has 1 unspecified atom stereocenters. The third-order valence-corrected chi connectivity index (χ3v) is 4.78. The minimum absolute atomic E-state index is 0.832. The minimum Gasteiger partial charge on any atom is -0.304 e. The first-order valence-electron chi connectivity index (χ1n) is 6.34. The van der Waals surface area contributed by atoms with Gasteiger partial charge in [-0.1, -0.05) is 6.07 Å². The van der Waals surface area contributed by atoms with E-state index in [4.69, 9.17) is 4.98 Å². The molecule has 3 rings (SSSR count). The van der Waals surface area contributed by atoms with Crippen molar-refractivity contribution in [3.63, 3.8) is 0 Å². The number of pyridine rings is 1. The highest BCUT2D eigenvalue weighted by Crippen LogP contribution is 2.25. The van der Waals surface area contributed by atoms with E-state index in [0.717, 1.165) is 18.0 Å². The molecule has 3 heterocycles. The monoisotopic (exact) mass is 246 g/mol. The van der Waals surface area contributed by atoms with Gasteiger partial charge in [0.15, 0.2) is 0 Å². The molecule has 2 aromatic heterocycles. The summed E-state index contributed by atoms with van der Waals surface area (Å²) in [4.78, 5) is 4.72. The van der Waals surface area contributed by atoms with E-state index in [9.17, 15) is 0 Å². The second kappa shape index (κ2) is 4.73. The second-order valence-electron chi connectivity index (χ2n) is 4.91. The molecule has 1 fully saturated rings. The number of nitrogens with zero attached hydrogens (tertiary/aromatic N) is 2. The van der Waals surface area contributed by atoms with E-state index in [2.05, 4.69) is 47.5 Å². The Balaban J connectivity index is 1.83. The highest BCUT2D eigenvalue weighted by Gasteiger charge is 2.15. The number of rotatable bonds is 2. The van der Waals surface area contributed by atoms with E-state index < -0.39 is 0 Å². The summed E-state index contributed by atoms with van der Waals surface area (Å²) in [5.41, 5.74) is 3.61. The standard InChI is InChI=1S/C14H18N2S/c1-11-4-2-6-14-15-13(9-16(11)14)8-12-5-3-7-17-10-12/h2,4,6,9,12H,3,5,7-8,10H2,1H3. The smallest absolute Gasteiger partial charge is 0.137 e. The van der Waals surface area contributed by atoms with Gasteiger partial charge in [-0.3, -0.25) is 0 Å². The van der Waals surface area contributed by atoms with Gasteiger partial charge in [0.05, 0.1) is 5.69 Å². The van der Waals surface area contributed by atoms with Crippen LogP contribution in [0.2, 0.25) is 0 Å². The van der Waals surface area contributed by atoms with Crippen molar-refractivity contribution in [2.45, 2.75) is 26.2 Å². The van der Waals surface area contributed by atoms with Crippen LogP contribution >= 0.6 is 11.8 Å². The third kappa shape index (κ3) is 2.34. The average Bonchev–Trinajstić information content (AvgIpc) is 2.74. The van der Waals surface area contributed by atoms with E-state index in [1.165, 1.54) is 35.7 Å². The molecule has 0 bridgehead atoms. The fourth-order valence-corrected chi connectivity index (χ4v) is 3.72. The summed E-state index contributed by atoms with van der Waals surface area (Å²) in [6.45, 7) is 2.13. The zero-order valence-corrected chi connectivity index (χ0v) is 11.0. The normalized spacial score (nSPS) is 20.9. The van der Waals surface area contributed by atoms with Crippen molar-refractivity contribution < 1.29 is 0 Å². The topological polar surface area (TPSA) is 17.3 Å². The van der Waals surface area contributed by atoms with Crippen LogP contribution in [0.25, 0.3) is 5.65 Å². The van der Waals surface area contributed by atoms with E-state index in [1.54, 1.807) is 0 Å². The molecular weight excluding hydrogens is 228 g/mol.